The Balaban J connectivity index is 2.73. The smallest absolute Gasteiger partial charge is 0.141 e. The van der Waals surface area contributed by atoms with Crippen molar-refractivity contribution in [2.45, 2.75) is 12.6 Å². The second-order valence-corrected chi connectivity index (χ2v) is 2.48. The number of rotatable bonds is 3. The van der Waals surface area contributed by atoms with Crippen molar-refractivity contribution in [1.82, 2.24) is 4.98 Å². The van der Waals surface area contributed by atoms with Crippen molar-refractivity contribution < 1.29 is 8.78 Å². The maximum Gasteiger partial charge on any atom is 0.141 e. The maximum atomic E-state index is 13.0. The van der Waals surface area contributed by atoms with Crippen molar-refractivity contribution in [1.29, 1.82) is 0 Å². The molecule has 0 aliphatic heterocycles. The van der Waals surface area contributed by atoms with Crippen LogP contribution in [0.1, 0.15) is 18.2 Å². The first-order valence-corrected chi connectivity index (χ1v) is 3.68. The van der Waals surface area contributed by atoms with Gasteiger partial charge in [-0.05, 0) is 19.0 Å². The fourth-order valence-electron chi connectivity index (χ4n) is 0.913. The third-order valence-corrected chi connectivity index (χ3v) is 1.51. The molecule has 0 aromatic carbocycles. The number of nitrogens with two attached hydrogens (primary N) is 1. The van der Waals surface area contributed by atoms with E-state index in [1.165, 1.54) is 6.20 Å². The molecule has 1 heterocycles. The lowest BCUT2D eigenvalue weighted by atomic mass is 10.1. The predicted octanol–water partition coefficient (Wildman–Crippen LogP) is 1.58. The lowest BCUT2D eigenvalue weighted by molar-refractivity contribution is 0.325. The molecule has 12 heavy (non-hydrogen) atoms. The van der Waals surface area contributed by atoms with E-state index in [0.29, 0.717) is 0 Å². The van der Waals surface area contributed by atoms with Crippen LogP contribution in [0.4, 0.5) is 8.78 Å². The van der Waals surface area contributed by atoms with Gasteiger partial charge in [-0.25, -0.2) is 8.78 Å². The summed E-state index contributed by atoms with van der Waals surface area (Å²) in [6.45, 7) is 0.248. The summed E-state index contributed by atoms with van der Waals surface area (Å²) in [7, 11) is 0. The lowest BCUT2D eigenvalue weighted by Crippen LogP contribution is -2.04. The number of hydrogen-bond donors (Lipinski definition) is 1. The topological polar surface area (TPSA) is 38.9 Å². The van der Waals surface area contributed by atoms with E-state index in [-0.39, 0.29) is 18.5 Å². The summed E-state index contributed by atoms with van der Waals surface area (Å²) in [6, 6.07) is 1.13. The highest BCUT2D eigenvalue weighted by Crippen LogP contribution is 2.19. The third-order valence-electron chi connectivity index (χ3n) is 1.51. The molecule has 2 N–H and O–H groups in total. The largest absolute Gasteiger partial charge is 0.330 e. The van der Waals surface area contributed by atoms with Gasteiger partial charge in [-0.2, -0.15) is 0 Å². The highest BCUT2D eigenvalue weighted by molar-refractivity contribution is 5.13. The average molecular weight is 172 g/mol. The Labute approximate surface area is 69.4 Å². The number of hydrogen-bond acceptors (Lipinski definition) is 2. The molecule has 4 heteroatoms. The van der Waals surface area contributed by atoms with Gasteiger partial charge in [0.15, 0.2) is 0 Å². The van der Waals surface area contributed by atoms with E-state index in [4.69, 9.17) is 5.73 Å². The first kappa shape index (κ1) is 9.06. The molecule has 1 aromatic heterocycles. The van der Waals surface area contributed by atoms with Crippen LogP contribution in [0.3, 0.4) is 0 Å². The molecule has 0 radical (unpaired) electrons. The van der Waals surface area contributed by atoms with Gasteiger partial charge in [0.25, 0.3) is 0 Å². The molecule has 0 aliphatic carbocycles. The average Bonchev–Trinajstić information content (AvgIpc) is 2.05. The quantitative estimate of drug-likeness (QED) is 0.751. The van der Waals surface area contributed by atoms with Gasteiger partial charge in [0.2, 0.25) is 0 Å². The summed E-state index contributed by atoms with van der Waals surface area (Å²) in [4.78, 5) is 3.53. The molecule has 0 amide bonds. The normalized spacial score (nSPS) is 12.9. The van der Waals surface area contributed by atoms with E-state index in [1.54, 1.807) is 0 Å². The Morgan fingerprint density at radius 2 is 2.25 bits per heavy atom. The molecule has 0 spiro atoms. The van der Waals surface area contributed by atoms with Crippen LogP contribution in [0.2, 0.25) is 0 Å². The first-order valence-electron chi connectivity index (χ1n) is 3.68. The molecule has 66 valence electrons. The summed E-state index contributed by atoms with van der Waals surface area (Å²) >= 11 is 0. The van der Waals surface area contributed by atoms with Gasteiger partial charge in [0, 0.05) is 11.8 Å². The van der Waals surface area contributed by atoms with Crippen LogP contribution in [0, 0.1) is 5.82 Å². The van der Waals surface area contributed by atoms with Crippen LogP contribution in [0.5, 0.6) is 0 Å². The molecule has 2 nitrogen and oxygen atoms in total. The summed E-state index contributed by atoms with van der Waals surface area (Å²) in [5.74, 6) is -0.521. The van der Waals surface area contributed by atoms with Crippen molar-refractivity contribution in [2.75, 3.05) is 6.54 Å². The van der Waals surface area contributed by atoms with Gasteiger partial charge in [0.1, 0.15) is 12.0 Å². The zero-order chi connectivity index (χ0) is 8.97. The minimum absolute atomic E-state index is 0.200. The Kier molecular flexibility index (Phi) is 3.10. The summed E-state index contributed by atoms with van der Waals surface area (Å²) in [5, 5.41) is 0. The molecule has 0 saturated heterocycles. The van der Waals surface area contributed by atoms with Crippen LogP contribution >= 0.6 is 0 Å². The van der Waals surface area contributed by atoms with E-state index in [2.05, 4.69) is 4.98 Å². The van der Waals surface area contributed by atoms with Crippen molar-refractivity contribution in [2.24, 2.45) is 5.73 Å². The number of aromatic nitrogens is 1. The van der Waals surface area contributed by atoms with Gasteiger partial charge in [-0.1, -0.05) is 0 Å². The fraction of sp³-hybridized carbons (Fsp3) is 0.375. The van der Waals surface area contributed by atoms with E-state index in [1.807, 2.05) is 0 Å². The standard InChI is InChI=1S/C8H10F2N2/c9-7-3-6(4-12-5-7)8(10)1-2-11/h3-5,8H,1-2,11H2. The Morgan fingerprint density at radius 1 is 1.50 bits per heavy atom. The second kappa shape index (κ2) is 4.11. The highest BCUT2D eigenvalue weighted by Gasteiger charge is 2.09. The maximum absolute atomic E-state index is 13.0. The molecule has 1 unspecified atom stereocenters. The molecular formula is C8H10F2N2. The number of pyridine rings is 1. The summed E-state index contributed by atoms with van der Waals surface area (Å²) < 4.78 is 25.5. The van der Waals surface area contributed by atoms with Crippen LogP contribution in [-0.4, -0.2) is 11.5 Å². The number of nitrogens with zero attached hydrogens (tertiary/aromatic N) is 1. The first-order chi connectivity index (χ1) is 5.74. The Morgan fingerprint density at radius 3 is 2.83 bits per heavy atom. The monoisotopic (exact) mass is 172 g/mol. The molecule has 1 atom stereocenters. The van der Waals surface area contributed by atoms with Gasteiger partial charge >= 0.3 is 0 Å². The molecule has 0 bridgehead atoms. The van der Waals surface area contributed by atoms with Gasteiger partial charge in [0.05, 0.1) is 6.20 Å². The zero-order valence-corrected chi connectivity index (χ0v) is 6.50. The third kappa shape index (κ3) is 2.23. The summed E-state index contributed by atoms with van der Waals surface area (Å²) in [6.07, 6.45) is 1.34. The number of alkyl halides is 1. The SMILES string of the molecule is NCCC(F)c1cncc(F)c1. The van der Waals surface area contributed by atoms with E-state index >= 15 is 0 Å². The van der Waals surface area contributed by atoms with Crippen LogP contribution in [0.15, 0.2) is 18.5 Å². The van der Waals surface area contributed by atoms with Crippen molar-refractivity contribution >= 4 is 0 Å². The lowest BCUT2D eigenvalue weighted by Gasteiger charge is -2.05. The molecule has 0 aliphatic rings. The van der Waals surface area contributed by atoms with E-state index in [0.717, 1.165) is 12.3 Å². The highest BCUT2D eigenvalue weighted by atomic mass is 19.1. The van der Waals surface area contributed by atoms with E-state index in [9.17, 15) is 8.78 Å². The van der Waals surface area contributed by atoms with Gasteiger partial charge < -0.3 is 5.73 Å². The Hall–Kier alpha value is -1.03. The Bertz CT molecular complexity index is 253. The number of halogens is 2. The van der Waals surface area contributed by atoms with E-state index < -0.39 is 12.0 Å². The molecule has 0 saturated carbocycles. The molecule has 1 aromatic rings. The zero-order valence-electron chi connectivity index (χ0n) is 6.50. The van der Waals surface area contributed by atoms with Gasteiger partial charge in [-0.3, -0.25) is 4.98 Å². The van der Waals surface area contributed by atoms with Crippen LogP contribution < -0.4 is 5.73 Å². The molecular weight excluding hydrogens is 162 g/mol. The fourth-order valence-corrected chi connectivity index (χ4v) is 0.913. The summed E-state index contributed by atoms with van der Waals surface area (Å²) in [5.41, 5.74) is 5.40. The minimum atomic E-state index is -1.21. The predicted molar refractivity (Wildman–Crippen MR) is 41.7 cm³/mol. The van der Waals surface area contributed by atoms with Crippen molar-refractivity contribution in [3.8, 4) is 0 Å². The van der Waals surface area contributed by atoms with Crippen molar-refractivity contribution in [3.05, 3.63) is 29.8 Å². The molecule has 1 rings (SSSR count). The minimum Gasteiger partial charge on any atom is -0.330 e. The van der Waals surface area contributed by atoms with Crippen molar-refractivity contribution in [3.63, 3.8) is 0 Å². The van der Waals surface area contributed by atoms with Crippen LogP contribution in [0.25, 0.3) is 0 Å². The van der Waals surface area contributed by atoms with Gasteiger partial charge in [-0.15, -0.1) is 0 Å². The second-order valence-electron chi connectivity index (χ2n) is 2.48. The van der Waals surface area contributed by atoms with Crippen LogP contribution in [-0.2, 0) is 0 Å². The molecule has 0 fully saturated rings.